The molecule has 320 valence electrons. The third-order valence-electron chi connectivity index (χ3n) is 13.9. The number of hydrogen-bond donors (Lipinski definition) is 0. The number of aromatic nitrogens is 2. The second-order valence-corrected chi connectivity index (χ2v) is 26.2. The summed E-state index contributed by atoms with van der Waals surface area (Å²) >= 11 is 3.74. The molecule has 0 radical (unpaired) electrons. The van der Waals surface area contributed by atoms with E-state index in [1.165, 1.54) is 85.3 Å². The van der Waals surface area contributed by atoms with E-state index in [1.807, 2.05) is 11.8 Å². The number of imidazole rings is 1. The first-order chi connectivity index (χ1) is 31.3. The Morgan fingerprint density at radius 1 is 0.477 bits per heavy atom. The Hall–Kier alpha value is -5.98. The van der Waals surface area contributed by atoms with Crippen LogP contribution in [0.25, 0.3) is 48.5 Å². The summed E-state index contributed by atoms with van der Waals surface area (Å²) in [4.78, 5) is 8.86. The summed E-state index contributed by atoms with van der Waals surface area (Å²) in [6.45, 7) is 19.0. The molecule has 1 aliphatic heterocycles. The smallest absolute Gasteiger partial charge is 0.195 e. The van der Waals surface area contributed by atoms with Crippen molar-refractivity contribution in [2.45, 2.75) is 81.4 Å². The van der Waals surface area contributed by atoms with Gasteiger partial charge in [0, 0.05) is 20.8 Å². The van der Waals surface area contributed by atoms with E-state index in [9.17, 15) is 0 Å². The summed E-state index contributed by atoms with van der Waals surface area (Å²) in [6.07, 6.45) is 0. The number of rotatable bonds is 6. The van der Waals surface area contributed by atoms with Gasteiger partial charge in [-0.1, -0.05) is 236 Å². The van der Waals surface area contributed by atoms with Gasteiger partial charge in [0.1, 0.15) is 0 Å². The molecule has 0 amide bonds. The first-order valence-corrected chi connectivity index (χ1v) is 26.5. The number of benzene rings is 8. The fourth-order valence-electron chi connectivity index (χ4n) is 10.8. The zero-order chi connectivity index (χ0) is 44.9. The summed E-state index contributed by atoms with van der Waals surface area (Å²) in [5.74, 6) is 0. The summed E-state index contributed by atoms with van der Waals surface area (Å²) < 4.78 is 3.62. The number of nitrogens with zero attached hydrogens (tertiary/aromatic N) is 2. The molecule has 0 atom stereocenters. The van der Waals surface area contributed by atoms with Crippen molar-refractivity contribution in [3.63, 3.8) is 0 Å². The number of thiazole rings is 1. The molecule has 10 aromatic rings. The first-order valence-electron chi connectivity index (χ1n) is 22.9. The van der Waals surface area contributed by atoms with E-state index in [2.05, 4.69) is 242 Å². The van der Waals surface area contributed by atoms with Gasteiger partial charge in [0.05, 0.1) is 21.3 Å². The summed E-state index contributed by atoms with van der Waals surface area (Å²) in [7, 11) is -3.06. The lowest BCUT2D eigenvalue weighted by molar-refractivity contribution is 0.591. The molecule has 2 aromatic heterocycles. The van der Waals surface area contributed by atoms with Crippen molar-refractivity contribution in [1.82, 2.24) is 9.38 Å². The van der Waals surface area contributed by atoms with E-state index in [4.69, 9.17) is 4.98 Å². The average molecular weight is 895 g/mol. The predicted molar refractivity (Wildman–Crippen MR) is 283 cm³/mol. The molecular formula is C60H54N2S2Si. The van der Waals surface area contributed by atoms with Crippen LogP contribution in [0.15, 0.2) is 192 Å². The maximum absolute atomic E-state index is 5.12. The van der Waals surface area contributed by atoms with Crippen molar-refractivity contribution in [2.24, 2.45) is 0 Å². The molecule has 0 bridgehead atoms. The number of para-hydroxylation sites is 2. The Morgan fingerprint density at radius 2 is 1.00 bits per heavy atom. The lowest BCUT2D eigenvalue weighted by Gasteiger charge is -2.38. The minimum atomic E-state index is -3.06. The number of hydrogen-bond acceptors (Lipinski definition) is 3. The van der Waals surface area contributed by atoms with Crippen LogP contribution in [-0.4, -0.2) is 17.5 Å². The Labute approximate surface area is 393 Å². The van der Waals surface area contributed by atoms with Crippen LogP contribution < -0.4 is 20.7 Å². The van der Waals surface area contributed by atoms with Crippen LogP contribution in [0, 0.1) is 0 Å². The molecule has 8 aromatic carbocycles. The highest BCUT2D eigenvalue weighted by Crippen LogP contribution is 2.53. The van der Waals surface area contributed by atoms with Gasteiger partial charge in [-0.2, -0.15) is 0 Å². The molecule has 0 unspecified atom stereocenters. The molecule has 0 saturated carbocycles. The van der Waals surface area contributed by atoms with Crippen molar-refractivity contribution >= 4 is 78.1 Å². The van der Waals surface area contributed by atoms with Gasteiger partial charge < -0.3 is 0 Å². The molecule has 0 aliphatic carbocycles. The van der Waals surface area contributed by atoms with Crippen molar-refractivity contribution in [1.29, 1.82) is 0 Å². The lowest BCUT2D eigenvalue weighted by atomic mass is 9.76. The van der Waals surface area contributed by atoms with Gasteiger partial charge in [0.25, 0.3) is 0 Å². The Balaban J connectivity index is 1.22. The lowest BCUT2D eigenvalue weighted by Crippen LogP contribution is -2.74. The van der Waals surface area contributed by atoms with Gasteiger partial charge in [-0.15, -0.1) is 0 Å². The third-order valence-corrected chi connectivity index (χ3v) is 21.0. The van der Waals surface area contributed by atoms with Crippen molar-refractivity contribution in [2.75, 3.05) is 0 Å². The minimum absolute atomic E-state index is 0.0981. The van der Waals surface area contributed by atoms with Gasteiger partial charge in [-0.25, -0.2) is 4.98 Å². The van der Waals surface area contributed by atoms with Crippen molar-refractivity contribution in [3.05, 3.63) is 204 Å². The molecule has 0 spiro atoms. The Morgan fingerprint density at radius 3 is 1.65 bits per heavy atom. The van der Waals surface area contributed by atoms with E-state index in [0.29, 0.717) is 0 Å². The molecular weight excluding hydrogens is 841 g/mol. The van der Waals surface area contributed by atoms with E-state index >= 15 is 0 Å². The molecule has 0 saturated heterocycles. The van der Waals surface area contributed by atoms with Gasteiger partial charge in [-0.05, 0) is 94.8 Å². The van der Waals surface area contributed by atoms with Crippen LogP contribution in [0.3, 0.4) is 0 Å². The van der Waals surface area contributed by atoms with E-state index in [0.717, 1.165) is 16.0 Å². The fraction of sp³-hybridized carbons (Fsp3) is 0.183. The maximum atomic E-state index is 5.12. The highest BCUT2D eigenvalue weighted by atomic mass is 32.2. The maximum Gasteiger partial charge on any atom is 0.195 e. The summed E-state index contributed by atoms with van der Waals surface area (Å²) in [5.41, 5.74) is 13.7. The van der Waals surface area contributed by atoms with Gasteiger partial charge in [-0.3, -0.25) is 4.40 Å². The second-order valence-electron chi connectivity index (χ2n) is 20.4. The normalized spacial score (nSPS) is 13.9. The third kappa shape index (κ3) is 6.61. The summed E-state index contributed by atoms with van der Waals surface area (Å²) in [5, 5.41) is 5.49. The second kappa shape index (κ2) is 15.3. The Bertz CT molecular complexity index is 3420. The molecule has 0 fully saturated rings. The molecule has 0 N–H and O–H groups in total. The molecule has 2 nitrogen and oxygen atoms in total. The quantitative estimate of drug-likeness (QED) is 0.122. The van der Waals surface area contributed by atoms with Gasteiger partial charge in [0.15, 0.2) is 13.0 Å². The first kappa shape index (κ1) is 41.7. The SMILES string of the molecule is CC(C)(C)c1ccc([Si](c2ccccc2)(c2ccccc2)c2ccc(C(C)(C)C)c(-c3cccc4c3sc3nc5ccccc5n34)c2)cc1-c1cccc2c1Sc1ccccc1C2(C)C. The molecule has 1 aliphatic rings. The minimum Gasteiger partial charge on any atom is -0.283 e. The van der Waals surface area contributed by atoms with Crippen LogP contribution in [-0.2, 0) is 16.2 Å². The monoisotopic (exact) mass is 894 g/mol. The highest BCUT2D eigenvalue weighted by molar-refractivity contribution is 7.99. The van der Waals surface area contributed by atoms with Crippen LogP contribution in [0.1, 0.15) is 77.6 Å². The topological polar surface area (TPSA) is 17.3 Å². The fourth-order valence-corrected chi connectivity index (χ4v) is 18.2. The molecule has 5 heteroatoms. The highest BCUT2D eigenvalue weighted by Gasteiger charge is 2.43. The average Bonchev–Trinajstić information content (AvgIpc) is 3.86. The molecule has 11 rings (SSSR count). The van der Waals surface area contributed by atoms with Crippen molar-refractivity contribution in [3.8, 4) is 22.3 Å². The van der Waals surface area contributed by atoms with Gasteiger partial charge in [0.2, 0.25) is 0 Å². The van der Waals surface area contributed by atoms with Crippen LogP contribution >= 0.6 is 23.1 Å². The predicted octanol–water partition coefficient (Wildman–Crippen LogP) is 13.8. The van der Waals surface area contributed by atoms with Crippen LogP contribution in [0.5, 0.6) is 0 Å². The number of fused-ring (bicyclic) bond motifs is 7. The van der Waals surface area contributed by atoms with Crippen LogP contribution in [0.2, 0.25) is 0 Å². The summed E-state index contributed by atoms with van der Waals surface area (Å²) in [6, 6.07) is 69.4. The van der Waals surface area contributed by atoms with E-state index < -0.39 is 8.07 Å². The van der Waals surface area contributed by atoms with Crippen molar-refractivity contribution < 1.29 is 0 Å². The van der Waals surface area contributed by atoms with E-state index in [-0.39, 0.29) is 16.2 Å². The zero-order valence-electron chi connectivity index (χ0n) is 38.5. The molecule has 3 heterocycles. The standard InChI is InChI=1S/C60H54N2S2Si/c1-58(2,3)47-35-33-41(37-45(47)43-25-19-28-50-55(43)63-54-32-18-15-27-49(54)60(50,7)8)65(39-21-11-9-12-22-39,40-23-13-10-14-24-40)42-34-36-48(59(4,5)6)46(38-42)44-26-20-31-53-56(44)64-57-61-51-29-16-17-30-52(51)62(53)57/h9-38H,1-8H3. The largest absolute Gasteiger partial charge is 0.283 e. The van der Waals surface area contributed by atoms with Gasteiger partial charge >= 0.3 is 0 Å². The van der Waals surface area contributed by atoms with Crippen LogP contribution in [0.4, 0.5) is 0 Å². The zero-order valence-corrected chi connectivity index (χ0v) is 41.2. The molecule has 65 heavy (non-hydrogen) atoms. The van der Waals surface area contributed by atoms with E-state index in [1.54, 1.807) is 11.3 Å². The Kier molecular flexibility index (Phi) is 9.82.